The van der Waals surface area contributed by atoms with Crippen molar-refractivity contribution in [1.29, 1.82) is 0 Å². The number of piperidine rings is 1. The van der Waals surface area contributed by atoms with Crippen molar-refractivity contribution in [2.24, 2.45) is 7.05 Å². The molecule has 1 aliphatic heterocycles. The van der Waals surface area contributed by atoms with Gasteiger partial charge in [-0.25, -0.2) is 9.37 Å². The van der Waals surface area contributed by atoms with E-state index in [0.717, 1.165) is 43.0 Å². The van der Waals surface area contributed by atoms with Crippen LogP contribution in [0.15, 0.2) is 24.4 Å². The molecule has 5 heteroatoms. The molecule has 0 bridgehead atoms. The molecule has 1 atom stereocenters. The monoisotopic (exact) mass is 317 g/mol. The number of aromatic nitrogens is 2. The summed E-state index contributed by atoms with van der Waals surface area (Å²) in [4.78, 5) is 6.98. The predicted octanol–water partition coefficient (Wildman–Crippen LogP) is 3.26. The number of aryl methyl sites for hydroxylation is 2. The van der Waals surface area contributed by atoms with Gasteiger partial charge in [0.15, 0.2) is 0 Å². The van der Waals surface area contributed by atoms with Crippen LogP contribution in [0.5, 0.6) is 5.75 Å². The van der Waals surface area contributed by atoms with Crippen molar-refractivity contribution < 1.29 is 9.13 Å². The van der Waals surface area contributed by atoms with Crippen LogP contribution < -0.4 is 4.74 Å². The summed E-state index contributed by atoms with van der Waals surface area (Å²) in [6, 6.07) is 5.10. The van der Waals surface area contributed by atoms with Gasteiger partial charge in [-0.1, -0.05) is 6.07 Å². The number of hydrogen-bond acceptors (Lipinski definition) is 3. The summed E-state index contributed by atoms with van der Waals surface area (Å²) < 4.78 is 21.3. The van der Waals surface area contributed by atoms with E-state index in [2.05, 4.69) is 27.7 Å². The number of ether oxygens (including phenoxy) is 1. The first-order valence-electron chi connectivity index (χ1n) is 8.11. The van der Waals surface area contributed by atoms with Gasteiger partial charge in [0.2, 0.25) is 0 Å². The number of likely N-dealkylation sites (tertiary alicyclic amines) is 1. The molecule has 4 nitrogen and oxygen atoms in total. The second-order valence-electron chi connectivity index (χ2n) is 6.38. The Morgan fingerprint density at radius 1 is 1.39 bits per heavy atom. The lowest BCUT2D eigenvalue weighted by atomic mass is 9.96. The zero-order valence-corrected chi connectivity index (χ0v) is 14.1. The molecule has 1 fully saturated rings. The Kier molecular flexibility index (Phi) is 4.66. The molecular weight excluding hydrogens is 293 g/mol. The lowest BCUT2D eigenvalue weighted by molar-refractivity contribution is 0.193. The maximum absolute atomic E-state index is 14.2. The molecule has 0 spiro atoms. The average molecular weight is 317 g/mol. The molecule has 2 aromatic rings. The van der Waals surface area contributed by atoms with Crippen molar-refractivity contribution in [3.8, 4) is 5.75 Å². The van der Waals surface area contributed by atoms with Crippen LogP contribution in [0, 0.1) is 12.7 Å². The second-order valence-corrected chi connectivity index (χ2v) is 6.38. The number of hydrogen-bond donors (Lipinski definition) is 0. The molecule has 1 aromatic carbocycles. The van der Waals surface area contributed by atoms with E-state index in [-0.39, 0.29) is 5.82 Å². The molecule has 0 amide bonds. The normalized spacial score (nSPS) is 19.0. The van der Waals surface area contributed by atoms with Gasteiger partial charge in [-0.05, 0) is 32.4 Å². The maximum atomic E-state index is 14.2. The number of nitrogens with zero attached hydrogens (tertiary/aromatic N) is 3. The Morgan fingerprint density at radius 2 is 2.22 bits per heavy atom. The summed E-state index contributed by atoms with van der Waals surface area (Å²) in [5.41, 5.74) is 1.78. The standard InChI is InChI=1S/C18H24FN3O/c1-13-10-21(2)18(20-13)15-5-4-8-22(12-15)11-14-6-7-16(23-3)9-17(14)19/h6-7,9-10,15H,4-5,8,11-12H2,1-3H3/t15-/m1/s1. The summed E-state index contributed by atoms with van der Waals surface area (Å²) in [7, 11) is 3.61. The van der Waals surface area contributed by atoms with Crippen molar-refractivity contribution >= 4 is 0 Å². The Morgan fingerprint density at radius 3 is 2.87 bits per heavy atom. The molecule has 0 saturated carbocycles. The molecule has 23 heavy (non-hydrogen) atoms. The quantitative estimate of drug-likeness (QED) is 0.867. The van der Waals surface area contributed by atoms with E-state index in [1.807, 2.05) is 19.1 Å². The minimum Gasteiger partial charge on any atom is -0.497 e. The summed E-state index contributed by atoms with van der Waals surface area (Å²) in [5.74, 6) is 1.93. The highest BCUT2D eigenvalue weighted by atomic mass is 19.1. The molecule has 0 radical (unpaired) electrons. The minimum absolute atomic E-state index is 0.195. The molecule has 0 aliphatic carbocycles. The van der Waals surface area contributed by atoms with Crippen molar-refractivity contribution in [3.05, 3.63) is 47.3 Å². The third-order valence-electron chi connectivity index (χ3n) is 4.56. The summed E-state index contributed by atoms with van der Waals surface area (Å²) in [5, 5.41) is 0. The topological polar surface area (TPSA) is 30.3 Å². The fourth-order valence-electron chi connectivity index (χ4n) is 3.45. The van der Waals surface area contributed by atoms with E-state index in [1.165, 1.54) is 6.07 Å². The highest BCUT2D eigenvalue weighted by molar-refractivity contribution is 5.29. The number of benzene rings is 1. The Bertz CT molecular complexity index is 683. The Hall–Kier alpha value is -1.88. The smallest absolute Gasteiger partial charge is 0.131 e. The number of rotatable bonds is 4. The van der Waals surface area contributed by atoms with Crippen molar-refractivity contribution in [2.45, 2.75) is 32.2 Å². The van der Waals surface area contributed by atoms with E-state index in [4.69, 9.17) is 4.74 Å². The van der Waals surface area contributed by atoms with Crippen LogP contribution in [0.2, 0.25) is 0 Å². The molecule has 124 valence electrons. The van der Waals surface area contributed by atoms with Crippen molar-refractivity contribution in [1.82, 2.24) is 14.5 Å². The number of halogens is 1. The average Bonchev–Trinajstić information content (AvgIpc) is 2.88. The van der Waals surface area contributed by atoms with Gasteiger partial charge in [0.1, 0.15) is 17.4 Å². The first kappa shape index (κ1) is 16.0. The summed E-state index contributed by atoms with van der Waals surface area (Å²) in [6.07, 6.45) is 4.33. The summed E-state index contributed by atoms with van der Waals surface area (Å²) >= 11 is 0. The molecule has 1 aromatic heterocycles. The van der Waals surface area contributed by atoms with Gasteiger partial charge in [-0.15, -0.1) is 0 Å². The van der Waals surface area contributed by atoms with Gasteiger partial charge in [0, 0.05) is 43.9 Å². The van der Waals surface area contributed by atoms with Crippen molar-refractivity contribution in [2.75, 3.05) is 20.2 Å². The van der Waals surface area contributed by atoms with Crippen LogP contribution in [0.3, 0.4) is 0 Å². The van der Waals surface area contributed by atoms with Crippen LogP contribution >= 0.6 is 0 Å². The summed E-state index contributed by atoms with van der Waals surface area (Å²) in [6.45, 7) is 4.59. The minimum atomic E-state index is -0.195. The number of methoxy groups -OCH3 is 1. The molecule has 0 N–H and O–H groups in total. The van der Waals surface area contributed by atoms with E-state index >= 15 is 0 Å². The van der Waals surface area contributed by atoms with E-state index < -0.39 is 0 Å². The molecule has 2 heterocycles. The van der Waals surface area contributed by atoms with Gasteiger partial charge in [-0.3, -0.25) is 4.90 Å². The molecular formula is C18H24FN3O. The van der Waals surface area contributed by atoms with Gasteiger partial charge in [0.25, 0.3) is 0 Å². The predicted molar refractivity (Wildman–Crippen MR) is 88.1 cm³/mol. The largest absolute Gasteiger partial charge is 0.497 e. The lowest BCUT2D eigenvalue weighted by Gasteiger charge is -2.32. The van der Waals surface area contributed by atoms with Crippen LogP contribution in [-0.4, -0.2) is 34.7 Å². The zero-order chi connectivity index (χ0) is 16.4. The molecule has 1 aliphatic rings. The van der Waals surface area contributed by atoms with E-state index in [9.17, 15) is 4.39 Å². The van der Waals surface area contributed by atoms with Crippen LogP contribution in [0.4, 0.5) is 4.39 Å². The fourth-order valence-corrected chi connectivity index (χ4v) is 3.45. The highest BCUT2D eigenvalue weighted by Crippen LogP contribution is 2.27. The highest BCUT2D eigenvalue weighted by Gasteiger charge is 2.25. The third kappa shape index (κ3) is 3.55. The van der Waals surface area contributed by atoms with E-state index in [1.54, 1.807) is 7.11 Å². The second kappa shape index (κ2) is 6.71. The van der Waals surface area contributed by atoms with Crippen LogP contribution in [0.25, 0.3) is 0 Å². The zero-order valence-electron chi connectivity index (χ0n) is 14.1. The first-order chi connectivity index (χ1) is 11.1. The Labute approximate surface area is 136 Å². The van der Waals surface area contributed by atoms with E-state index in [0.29, 0.717) is 18.2 Å². The molecule has 3 rings (SSSR count). The van der Waals surface area contributed by atoms with Gasteiger partial charge in [-0.2, -0.15) is 0 Å². The first-order valence-corrected chi connectivity index (χ1v) is 8.11. The molecule has 0 unspecified atom stereocenters. The van der Waals surface area contributed by atoms with Crippen LogP contribution in [-0.2, 0) is 13.6 Å². The maximum Gasteiger partial charge on any atom is 0.131 e. The number of imidazole rings is 1. The van der Waals surface area contributed by atoms with Crippen LogP contribution in [0.1, 0.15) is 35.8 Å². The van der Waals surface area contributed by atoms with Gasteiger partial charge >= 0.3 is 0 Å². The fraction of sp³-hybridized carbons (Fsp3) is 0.500. The molecule has 1 saturated heterocycles. The van der Waals surface area contributed by atoms with Gasteiger partial charge < -0.3 is 9.30 Å². The lowest BCUT2D eigenvalue weighted by Crippen LogP contribution is -2.35. The van der Waals surface area contributed by atoms with Crippen molar-refractivity contribution in [3.63, 3.8) is 0 Å². The van der Waals surface area contributed by atoms with Gasteiger partial charge in [0.05, 0.1) is 12.8 Å². The third-order valence-corrected chi connectivity index (χ3v) is 4.56. The SMILES string of the molecule is COc1ccc(CN2CCC[C@@H](c3nc(C)cn3C)C2)c(F)c1. The Balaban J connectivity index is 1.70.